The number of thiazole rings is 1. The number of nitrogens with zero attached hydrogens (tertiary/aromatic N) is 2. The van der Waals surface area contributed by atoms with Gasteiger partial charge in [-0.2, -0.15) is 4.72 Å². The predicted molar refractivity (Wildman–Crippen MR) is 74.7 cm³/mol. The number of hydrogen-bond donors (Lipinski definition) is 1. The molecule has 0 saturated heterocycles. The molecule has 5 nitrogen and oxygen atoms in total. The SMILES string of the molecule is CC(C)(NS(=O)(=O)c1ccnc(Cl)c1)c1nccs1. The van der Waals surface area contributed by atoms with Crippen LogP contribution in [0.3, 0.4) is 0 Å². The van der Waals surface area contributed by atoms with Crippen molar-refractivity contribution in [2.45, 2.75) is 24.3 Å². The van der Waals surface area contributed by atoms with Crippen molar-refractivity contribution in [2.75, 3.05) is 0 Å². The molecule has 2 rings (SSSR count). The minimum absolute atomic E-state index is 0.0807. The fourth-order valence-electron chi connectivity index (χ4n) is 1.52. The molecule has 0 atom stereocenters. The Morgan fingerprint density at radius 1 is 1.32 bits per heavy atom. The maximum absolute atomic E-state index is 12.3. The fraction of sp³-hybridized carbons (Fsp3) is 0.273. The first kappa shape index (κ1) is 14.4. The Morgan fingerprint density at radius 3 is 2.63 bits per heavy atom. The van der Waals surface area contributed by atoms with E-state index >= 15 is 0 Å². The molecule has 0 aliphatic carbocycles. The number of rotatable bonds is 4. The number of halogens is 1. The minimum Gasteiger partial charge on any atom is -0.248 e. The zero-order valence-electron chi connectivity index (χ0n) is 10.3. The van der Waals surface area contributed by atoms with Gasteiger partial charge in [-0.05, 0) is 26.0 Å². The minimum atomic E-state index is -3.67. The van der Waals surface area contributed by atoms with Crippen LogP contribution in [0, 0.1) is 0 Å². The lowest BCUT2D eigenvalue weighted by molar-refractivity contribution is 0.470. The second-order valence-corrected chi connectivity index (χ2v) is 7.35. The monoisotopic (exact) mass is 317 g/mol. The molecule has 0 bridgehead atoms. The molecule has 0 aliphatic heterocycles. The Labute approximate surface area is 120 Å². The van der Waals surface area contributed by atoms with Crippen molar-refractivity contribution in [1.82, 2.24) is 14.7 Å². The number of aromatic nitrogens is 2. The predicted octanol–water partition coefficient (Wildman–Crippen LogP) is 2.41. The van der Waals surface area contributed by atoms with Crippen LogP contribution < -0.4 is 4.72 Å². The number of pyridine rings is 1. The standard InChI is InChI=1S/C11H12ClN3O2S2/c1-11(2,10-14-5-6-18-10)15-19(16,17)8-3-4-13-9(12)7-8/h3-7,15H,1-2H3. The highest BCUT2D eigenvalue weighted by Crippen LogP contribution is 2.25. The van der Waals surface area contributed by atoms with Crippen LogP contribution in [0.2, 0.25) is 5.15 Å². The van der Waals surface area contributed by atoms with Crippen molar-refractivity contribution in [2.24, 2.45) is 0 Å². The topological polar surface area (TPSA) is 72.0 Å². The molecule has 0 amide bonds. The molecule has 0 aromatic carbocycles. The molecule has 19 heavy (non-hydrogen) atoms. The maximum Gasteiger partial charge on any atom is 0.241 e. The Bertz CT molecular complexity index is 669. The normalized spacial score (nSPS) is 12.6. The van der Waals surface area contributed by atoms with Gasteiger partial charge in [0.15, 0.2) is 0 Å². The summed E-state index contributed by atoms with van der Waals surface area (Å²) in [6, 6.07) is 2.70. The summed E-state index contributed by atoms with van der Waals surface area (Å²) in [6.07, 6.45) is 2.99. The molecule has 0 spiro atoms. The second kappa shape index (κ2) is 5.16. The van der Waals surface area contributed by atoms with Crippen LogP contribution in [0.15, 0.2) is 34.8 Å². The third-order valence-corrected chi connectivity index (χ3v) is 5.32. The van der Waals surface area contributed by atoms with E-state index in [1.165, 1.54) is 29.7 Å². The largest absolute Gasteiger partial charge is 0.248 e. The fourth-order valence-corrected chi connectivity index (χ4v) is 3.94. The molecule has 0 fully saturated rings. The summed E-state index contributed by atoms with van der Waals surface area (Å²) in [7, 11) is -3.67. The van der Waals surface area contributed by atoms with Crippen molar-refractivity contribution in [3.05, 3.63) is 40.1 Å². The number of nitrogens with one attached hydrogen (secondary N) is 1. The van der Waals surface area contributed by atoms with Crippen molar-refractivity contribution in [3.63, 3.8) is 0 Å². The summed E-state index contributed by atoms with van der Waals surface area (Å²) in [4.78, 5) is 7.98. The summed E-state index contributed by atoms with van der Waals surface area (Å²) in [6.45, 7) is 3.51. The smallest absolute Gasteiger partial charge is 0.241 e. The van der Waals surface area contributed by atoms with Crippen LogP contribution in [0.1, 0.15) is 18.9 Å². The molecule has 2 aromatic rings. The van der Waals surface area contributed by atoms with E-state index in [1.54, 1.807) is 25.4 Å². The van der Waals surface area contributed by atoms with Gasteiger partial charge in [-0.15, -0.1) is 11.3 Å². The van der Waals surface area contributed by atoms with Crippen LogP contribution in [0.4, 0.5) is 0 Å². The Balaban J connectivity index is 2.32. The molecular weight excluding hydrogens is 306 g/mol. The lowest BCUT2D eigenvalue weighted by Gasteiger charge is -2.23. The Hall–Kier alpha value is -1.02. The van der Waals surface area contributed by atoms with Gasteiger partial charge in [0, 0.05) is 17.8 Å². The highest BCUT2D eigenvalue weighted by Gasteiger charge is 2.30. The average molecular weight is 318 g/mol. The quantitative estimate of drug-likeness (QED) is 0.879. The van der Waals surface area contributed by atoms with E-state index in [9.17, 15) is 8.42 Å². The van der Waals surface area contributed by atoms with E-state index in [2.05, 4.69) is 14.7 Å². The number of sulfonamides is 1. The van der Waals surface area contributed by atoms with Crippen molar-refractivity contribution >= 4 is 33.0 Å². The van der Waals surface area contributed by atoms with E-state index in [0.29, 0.717) is 5.01 Å². The molecule has 0 aliphatic rings. The van der Waals surface area contributed by atoms with Crippen LogP contribution in [-0.4, -0.2) is 18.4 Å². The highest BCUT2D eigenvalue weighted by atomic mass is 35.5. The van der Waals surface area contributed by atoms with Crippen LogP contribution in [0.5, 0.6) is 0 Å². The summed E-state index contributed by atoms with van der Waals surface area (Å²) in [5.74, 6) is 0. The van der Waals surface area contributed by atoms with Crippen molar-refractivity contribution in [1.29, 1.82) is 0 Å². The van der Waals surface area contributed by atoms with E-state index < -0.39 is 15.6 Å². The van der Waals surface area contributed by atoms with Crippen LogP contribution in [-0.2, 0) is 15.6 Å². The number of hydrogen-bond acceptors (Lipinski definition) is 5. The molecule has 8 heteroatoms. The zero-order valence-corrected chi connectivity index (χ0v) is 12.7. The maximum atomic E-state index is 12.3. The first-order chi connectivity index (χ1) is 8.81. The second-order valence-electron chi connectivity index (χ2n) is 4.38. The van der Waals surface area contributed by atoms with Crippen LogP contribution >= 0.6 is 22.9 Å². The van der Waals surface area contributed by atoms with Gasteiger partial charge in [-0.1, -0.05) is 11.6 Å². The van der Waals surface area contributed by atoms with E-state index in [-0.39, 0.29) is 10.0 Å². The highest BCUT2D eigenvalue weighted by molar-refractivity contribution is 7.89. The Morgan fingerprint density at radius 2 is 2.05 bits per heavy atom. The molecule has 102 valence electrons. The van der Waals surface area contributed by atoms with Crippen molar-refractivity contribution in [3.8, 4) is 0 Å². The lowest BCUT2D eigenvalue weighted by Crippen LogP contribution is -2.40. The third kappa shape index (κ3) is 3.30. The molecule has 0 unspecified atom stereocenters. The molecule has 2 aromatic heterocycles. The van der Waals surface area contributed by atoms with Gasteiger partial charge in [0.2, 0.25) is 10.0 Å². The molecule has 0 saturated carbocycles. The molecule has 1 N–H and O–H groups in total. The van der Waals surface area contributed by atoms with Crippen LogP contribution in [0.25, 0.3) is 0 Å². The summed E-state index contributed by atoms with van der Waals surface area (Å²) in [5.41, 5.74) is -0.789. The summed E-state index contributed by atoms with van der Waals surface area (Å²) < 4.78 is 27.2. The molecule has 2 heterocycles. The van der Waals surface area contributed by atoms with Crippen molar-refractivity contribution < 1.29 is 8.42 Å². The van der Waals surface area contributed by atoms with Gasteiger partial charge < -0.3 is 0 Å². The summed E-state index contributed by atoms with van der Waals surface area (Å²) in [5, 5.41) is 2.63. The zero-order chi connectivity index (χ0) is 14.1. The molecule has 0 radical (unpaired) electrons. The first-order valence-corrected chi connectivity index (χ1v) is 8.11. The van der Waals surface area contributed by atoms with Gasteiger partial charge in [-0.25, -0.2) is 18.4 Å². The first-order valence-electron chi connectivity index (χ1n) is 5.37. The van der Waals surface area contributed by atoms with Gasteiger partial charge in [0.05, 0.1) is 10.4 Å². The van der Waals surface area contributed by atoms with E-state index in [4.69, 9.17) is 11.6 Å². The molecular formula is C11H12ClN3O2S2. The Kier molecular flexibility index (Phi) is 3.91. The van der Waals surface area contributed by atoms with Gasteiger partial charge in [0.1, 0.15) is 10.2 Å². The van der Waals surface area contributed by atoms with Gasteiger partial charge in [-0.3, -0.25) is 0 Å². The third-order valence-electron chi connectivity index (χ3n) is 2.36. The van der Waals surface area contributed by atoms with E-state index in [0.717, 1.165) is 0 Å². The van der Waals surface area contributed by atoms with E-state index in [1.807, 2.05) is 0 Å². The average Bonchev–Trinajstić information content (AvgIpc) is 2.81. The lowest BCUT2D eigenvalue weighted by atomic mass is 10.1. The van der Waals surface area contributed by atoms with Gasteiger partial charge >= 0.3 is 0 Å². The van der Waals surface area contributed by atoms with Gasteiger partial charge in [0.25, 0.3) is 0 Å². The summed E-state index contributed by atoms with van der Waals surface area (Å²) >= 11 is 7.10.